The number of carbonyl (C=O) groups excluding carboxylic acids is 1. The van der Waals surface area contributed by atoms with Crippen molar-refractivity contribution in [1.82, 2.24) is 0 Å². The molecule has 1 heterocycles. The summed E-state index contributed by atoms with van der Waals surface area (Å²) in [5.41, 5.74) is -1.81. The van der Waals surface area contributed by atoms with Gasteiger partial charge >= 0.3 is 0 Å². The molecule has 0 amide bonds. The third kappa shape index (κ3) is 2.04. The lowest BCUT2D eigenvalue weighted by molar-refractivity contribution is -0.209. The van der Waals surface area contributed by atoms with Crippen LogP contribution in [0.1, 0.15) is 6.42 Å². The fourth-order valence-electron chi connectivity index (χ4n) is 3.92. The smallest absolute Gasteiger partial charge is 0.202 e. The van der Waals surface area contributed by atoms with Crippen molar-refractivity contribution in [2.24, 2.45) is 11.8 Å². The van der Waals surface area contributed by atoms with Crippen molar-refractivity contribution in [3.8, 4) is 0 Å². The van der Waals surface area contributed by atoms with Crippen LogP contribution >= 0.6 is 11.8 Å². The molecule has 0 spiro atoms. The van der Waals surface area contributed by atoms with Gasteiger partial charge in [0.1, 0.15) is 5.60 Å². The molecule has 5 nitrogen and oxygen atoms in total. The number of rotatable bonds is 5. The summed E-state index contributed by atoms with van der Waals surface area (Å²) in [7, 11) is 3.19. The van der Waals surface area contributed by atoms with Crippen LogP contribution in [0.2, 0.25) is 0 Å². The summed E-state index contributed by atoms with van der Waals surface area (Å²) in [6.45, 7) is 1.15. The minimum Gasteiger partial charge on any atom is -0.369 e. The Morgan fingerprint density at radius 1 is 1.33 bits per heavy atom. The fourth-order valence-corrected chi connectivity index (χ4v) is 4.82. The predicted molar refractivity (Wildman–Crippen MR) is 79.3 cm³/mol. The van der Waals surface area contributed by atoms with Gasteiger partial charge in [0, 0.05) is 25.9 Å². The molecule has 1 saturated carbocycles. The molecule has 3 aliphatic carbocycles. The van der Waals surface area contributed by atoms with Crippen molar-refractivity contribution >= 4 is 17.5 Å². The van der Waals surface area contributed by atoms with E-state index < -0.39 is 11.2 Å². The number of hydrogen-bond acceptors (Lipinski definition) is 6. The van der Waals surface area contributed by atoms with E-state index in [9.17, 15) is 4.79 Å². The molecule has 2 fully saturated rings. The van der Waals surface area contributed by atoms with Crippen LogP contribution in [0.15, 0.2) is 12.2 Å². The van der Waals surface area contributed by atoms with E-state index in [1.807, 2.05) is 12.3 Å². The highest BCUT2D eigenvalue weighted by Gasteiger charge is 2.66. The van der Waals surface area contributed by atoms with Crippen LogP contribution in [0.5, 0.6) is 0 Å². The number of ketones is 1. The Kier molecular flexibility index (Phi) is 4.18. The standard InChI is InChI=1S/C15H22O5S/c1-17-14-5-4-10(8-11(14)12-19-6-7-20-12)15(18-2,9-21-3)13(14)16/h4-5,10-12H,6-9H2,1-3H3/t10-,11-,14-,15+/m1/s1. The van der Waals surface area contributed by atoms with Crippen molar-refractivity contribution in [1.29, 1.82) is 0 Å². The molecule has 2 bridgehead atoms. The van der Waals surface area contributed by atoms with E-state index in [4.69, 9.17) is 18.9 Å². The van der Waals surface area contributed by atoms with Gasteiger partial charge in [0.25, 0.3) is 0 Å². The van der Waals surface area contributed by atoms with Crippen LogP contribution < -0.4 is 0 Å². The molecule has 1 saturated heterocycles. The number of methoxy groups -OCH3 is 2. The molecule has 0 aromatic carbocycles. The number of fused-ring (bicyclic) bond motifs is 2. The van der Waals surface area contributed by atoms with Gasteiger partial charge in [-0.1, -0.05) is 6.08 Å². The second-order valence-corrected chi connectivity index (χ2v) is 6.64. The summed E-state index contributed by atoms with van der Waals surface area (Å²) < 4.78 is 22.7. The van der Waals surface area contributed by atoms with Gasteiger partial charge in [0.05, 0.1) is 19.1 Å². The number of hydrogen-bond donors (Lipinski definition) is 0. The Morgan fingerprint density at radius 3 is 2.62 bits per heavy atom. The van der Waals surface area contributed by atoms with Gasteiger partial charge in [0.15, 0.2) is 11.9 Å². The molecule has 6 heteroatoms. The van der Waals surface area contributed by atoms with E-state index in [-0.39, 0.29) is 23.9 Å². The first-order chi connectivity index (χ1) is 10.1. The molecule has 0 radical (unpaired) electrons. The van der Waals surface area contributed by atoms with E-state index >= 15 is 0 Å². The maximum absolute atomic E-state index is 13.2. The van der Waals surface area contributed by atoms with E-state index in [1.165, 1.54) is 0 Å². The summed E-state index contributed by atoms with van der Waals surface area (Å²) in [5, 5.41) is 0. The average Bonchev–Trinajstić information content (AvgIpc) is 3.05. The zero-order chi connectivity index (χ0) is 15.1. The average molecular weight is 314 g/mol. The lowest BCUT2D eigenvalue weighted by Gasteiger charge is -2.55. The highest BCUT2D eigenvalue weighted by atomic mass is 32.2. The summed E-state index contributed by atoms with van der Waals surface area (Å²) in [6, 6.07) is 0. The first-order valence-electron chi connectivity index (χ1n) is 7.21. The third-order valence-electron chi connectivity index (χ3n) is 5.01. The maximum atomic E-state index is 13.2. The Morgan fingerprint density at radius 2 is 2.05 bits per heavy atom. The molecule has 0 N–H and O–H groups in total. The van der Waals surface area contributed by atoms with Crippen molar-refractivity contribution in [2.75, 3.05) is 39.4 Å². The summed E-state index contributed by atoms with van der Waals surface area (Å²) >= 11 is 1.62. The van der Waals surface area contributed by atoms with Gasteiger partial charge in [-0.15, -0.1) is 0 Å². The molecule has 4 rings (SSSR count). The largest absolute Gasteiger partial charge is 0.369 e. The molecule has 118 valence electrons. The van der Waals surface area contributed by atoms with Crippen LogP contribution in [-0.4, -0.2) is 62.7 Å². The van der Waals surface area contributed by atoms with E-state index in [0.717, 1.165) is 6.42 Å². The zero-order valence-corrected chi connectivity index (χ0v) is 13.5. The molecular formula is C15H22O5S. The Balaban J connectivity index is 2.00. The predicted octanol–water partition coefficient (Wildman–Crippen LogP) is 1.27. The summed E-state index contributed by atoms with van der Waals surface area (Å²) in [6.07, 6.45) is 6.34. The Bertz CT molecular complexity index is 447. The lowest BCUT2D eigenvalue weighted by Crippen LogP contribution is -2.70. The van der Waals surface area contributed by atoms with Gasteiger partial charge < -0.3 is 18.9 Å². The normalized spacial score (nSPS) is 42.9. The molecule has 21 heavy (non-hydrogen) atoms. The van der Waals surface area contributed by atoms with Crippen LogP contribution in [-0.2, 0) is 23.7 Å². The van der Waals surface area contributed by atoms with Crippen molar-refractivity contribution < 1.29 is 23.7 Å². The first-order valence-corrected chi connectivity index (χ1v) is 8.60. The molecule has 0 aromatic heterocycles. The Hall–Kier alpha value is -0.400. The van der Waals surface area contributed by atoms with Crippen molar-refractivity contribution in [2.45, 2.75) is 23.9 Å². The Labute approximate surface area is 129 Å². The molecular weight excluding hydrogens is 292 g/mol. The van der Waals surface area contributed by atoms with E-state index in [1.54, 1.807) is 26.0 Å². The second-order valence-electron chi connectivity index (χ2n) is 5.77. The summed E-state index contributed by atoms with van der Waals surface area (Å²) in [5.74, 6) is 0.550. The highest BCUT2D eigenvalue weighted by molar-refractivity contribution is 7.98. The van der Waals surface area contributed by atoms with Crippen LogP contribution in [0.25, 0.3) is 0 Å². The second kappa shape index (κ2) is 5.66. The summed E-state index contributed by atoms with van der Waals surface area (Å²) in [4.78, 5) is 13.2. The molecule has 4 aliphatic rings. The van der Waals surface area contributed by atoms with Gasteiger partial charge in [-0.3, -0.25) is 4.79 Å². The lowest BCUT2D eigenvalue weighted by atomic mass is 9.58. The van der Waals surface area contributed by atoms with E-state index in [2.05, 4.69) is 6.08 Å². The van der Waals surface area contributed by atoms with Gasteiger partial charge in [-0.2, -0.15) is 11.8 Å². The third-order valence-corrected chi connectivity index (χ3v) is 5.73. The number of ether oxygens (including phenoxy) is 4. The van der Waals surface area contributed by atoms with Gasteiger partial charge in [0.2, 0.25) is 5.78 Å². The molecule has 0 aromatic rings. The molecule has 0 unspecified atom stereocenters. The number of Topliss-reactive ketones (excluding diaryl/α,β-unsaturated/α-hetero) is 1. The van der Waals surface area contributed by atoms with Gasteiger partial charge in [-0.25, -0.2) is 0 Å². The quantitative estimate of drug-likeness (QED) is 0.712. The van der Waals surface area contributed by atoms with Crippen molar-refractivity contribution in [3.63, 3.8) is 0 Å². The minimum atomic E-state index is -1.00. The fraction of sp³-hybridized carbons (Fsp3) is 0.800. The van der Waals surface area contributed by atoms with Crippen molar-refractivity contribution in [3.05, 3.63) is 12.2 Å². The minimum absolute atomic E-state index is 0.00259. The maximum Gasteiger partial charge on any atom is 0.202 e. The van der Waals surface area contributed by atoms with Gasteiger partial charge in [-0.05, 0) is 18.8 Å². The number of thioether (sulfide) groups is 1. The van der Waals surface area contributed by atoms with Crippen LogP contribution in [0.3, 0.4) is 0 Å². The van der Waals surface area contributed by atoms with Crippen LogP contribution in [0, 0.1) is 11.8 Å². The molecule has 4 atom stereocenters. The molecule has 1 aliphatic heterocycles. The monoisotopic (exact) mass is 314 g/mol. The van der Waals surface area contributed by atoms with Crippen LogP contribution in [0.4, 0.5) is 0 Å². The van der Waals surface area contributed by atoms with E-state index in [0.29, 0.717) is 19.0 Å². The zero-order valence-electron chi connectivity index (χ0n) is 12.7. The first kappa shape index (κ1) is 15.5. The number of carbonyl (C=O) groups is 1. The highest BCUT2D eigenvalue weighted by Crippen LogP contribution is 2.52. The SMILES string of the molecule is CO[C@]12C=C[C@H](C[C@@H]1C1OCCO1)[C@](CSC)(OC)C2=O. The topological polar surface area (TPSA) is 54.0 Å².